The summed E-state index contributed by atoms with van der Waals surface area (Å²) < 4.78 is 14.0. The molecule has 0 saturated heterocycles. The molecule has 0 fully saturated rings. The van der Waals surface area contributed by atoms with Crippen LogP contribution in [0.25, 0.3) is 34.2 Å². The van der Waals surface area contributed by atoms with Crippen LogP contribution in [-0.4, -0.2) is 14.5 Å². The Bertz CT molecular complexity index is 1290. The Morgan fingerprint density at radius 1 is 0.767 bits per heavy atom. The lowest BCUT2D eigenvalue weighted by Gasteiger charge is -2.08. The Kier molecular flexibility index (Phi) is 4.62. The molecule has 0 atom stereocenters. The number of imidazole rings is 1. The minimum absolute atomic E-state index is 0.557. The van der Waals surface area contributed by atoms with Crippen molar-refractivity contribution in [2.24, 2.45) is 7.05 Å². The van der Waals surface area contributed by atoms with E-state index in [2.05, 4.69) is 9.97 Å². The van der Waals surface area contributed by atoms with Gasteiger partial charge in [0.25, 0.3) is 0 Å². The van der Waals surface area contributed by atoms with Crippen molar-refractivity contribution in [3.63, 3.8) is 0 Å². The first kappa shape index (κ1) is 17.9. The topological polar surface area (TPSA) is 53.1 Å². The summed E-state index contributed by atoms with van der Waals surface area (Å²) in [5.41, 5.74) is 2.85. The van der Waals surface area contributed by atoms with Crippen LogP contribution < -0.4 is 4.74 Å². The average Bonchev–Trinajstić information content (AvgIpc) is 3.44. The largest absolute Gasteiger partial charge is 0.457 e. The Hall–Kier alpha value is -4.12. The van der Waals surface area contributed by atoms with Crippen LogP contribution in [0.15, 0.2) is 102 Å². The lowest BCUT2D eigenvalue weighted by molar-refractivity contribution is 0.482. The van der Waals surface area contributed by atoms with Gasteiger partial charge in [-0.1, -0.05) is 48.5 Å². The molecule has 0 bridgehead atoms. The average molecular weight is 393 g/mol. The molecular weight excluding hydrogens is 374 g/mol. The molecule has 0 amide bonds. The van der Waals surface area contributed by atoms with E-state index in [-0.39, 0.29) is 0 Å². The van der Waals surface area contributed by atoms with Gasteiger partial charge in [-0.05, 0) is 30.3 Å². The molecule has 0 unspecified atom stereocenters. The van der Waals surface area contributed by atoms with Crippen molar-refractivity contribution >= 4 is 0 Å². The zero-order chi connectivity index (χ0) is 20.3. The molecule has 0 aliphatic carbocycles. The van der Waals surface area contributed by atoms with E-state index in [4.69, 9.17) is 9.15 Å². The predicted octanol–water partition coefficient (Wildman–Crippen LogP) is 6.20. The van der Waals surface area contributed by atoms with Gasteiger partial charge in [0, 0.05) is 36.1 Å². The Morgan fingerprint density at radius 3 is 2.20 bits per heavy atom. The van der Waals surface area contributed by atoms with Crippen LogP contribution in [-0.2, 0) is 7.05 Å². The molecule has 0 spiro atoms. The van der Waals surface area contributed by atoms with Gasteiger partial charge in [-0.2, -0.15) is 0 Å². The van der Waals surface area contributed by atoms with E-state index in [1.165, 1.54) is 0 Å². The van der Waals surface area contributed by atoms with Gasteiger partial charge in [-0.25, -0.2) is 9.97 Å². The maximum Gasteiger partial charge on any atom is 0.226 e. The summed E-state index contributed by atoms with van der Waals surface area (Å²) >= 11 is 0. The van der Waals surface area contributed by atoms with Crippen molar-refractivity contribution < 1.29 is 9.15 Å². The molecule has 0 N–H and O–H groups in total. The van der Waals surface area contributed by atoms with Crippen molar-refractivity contribution in [1.29, 1.82) is 0 Å². The van der Waals surface area contributed by atoms with E-state index in [1.54, 1.807) is 12.4 Å². The first-order chi connectivity index (χ1) is 14.8. The second kappa shape index (κ2) is 7.72. The highest BCUT2D eigenvalue weighted by molar-refractivity contribution is 5.62. The van der Waals surface area contributed by atoms with Crippen LogP contribution >= 0.6 is 0 Å². The zero-order valence-corrected chi connectivity index (χ0v) is 16.4. The van der Waals surface area contributed by atoms with Gasteiger partial charge in [-0.15, -0.1) is 0 Å². The summed E-state index contributed by atoms with van der Waals surface area (Å²) in [6, 6.07) is 25.5. The highest BCUT2D eigenvalue weighted by Crippen LogP contribution is 2.31. The standard InChI is InChI=1S/C25H19N3O2/c1-28-14-13-26-24(28)19-9-5-11-21(15-19)29-22-12-6-10-20(16-22)25-27-17-23(30-25)18-7-3-2-4-8-18/h2-17H,1H3. The SMILES string of the molecule is Cn1ccnc1-c1cccc(Oc2cccc(-c3ncc(-c4ccccc4)o3)c2)c1. The summed E-state index contributed by atoms with van der Waals surface area (Å²) in [5, 5.41) is 0. The molecule has 0 radical (unpaired) electrons. The fourth-order valence-corrected chi connectivity index (χ4v) is 3.31. The maximum absolute atomic E-state index is 6.10. The Labute approximate surface area is 174 Å². The fraction of sp³-hybridized carbons (Fsp3) is 0.0400. The van der Waals surface area contributed by atoms with Crippen molar-refractivity contribution in [3.05, 3.63) is 97.5 Å². The number of nitrogens with zero attached hydrogens (tertiary/aromatic N) is 3. The lowest BCUT2D eigenvalue weighted by atomic mass is 10.2. The smallest absolute Gasteiger partial charge is 0.226 e. The van der Waals surface area contributed by atoms with Gasteiger partial charge in [0.15, 0.2) is 5.76 Å². The van der Waals surface area contributed by atoms with E-state index in [1.807, 2.05) is 96.7 Å². The number of aromatic nitrogens is 3. The molecule has 0 aliphatic heterocycles. The number of hydrogen-bond donors (Lipinski definition) is 0. The van der Waals surface area contributed by atoms with Crippen LogP contribution in [0.4, 0.5) is 0 Å². The molecule has 2 aromatic heterocycles. The lowest BCUT2D eigenvalue weighted by Crippen LogP contribution is -1.92. The van der Waals surface area contributed by atoms with E-state index < -0.39 is 0 Å². The number of oxazole rings is 1. The molecule has 5 aromatic rings. The van der Waals surface area contributed by atoms with Crippen molar-refractivity contribution in [2.75, 3.05) is 0 Å². The maximum atomic E-state index is 6.10. The quantitative estimate of drug-likeness (QED) is 0.357. The minimum atomic E-state index is 0.557. The third-order valence-corrected chi connectivity index (χ3v) is 4.79. The second-order valence-corrected chi connectivity index (χ2v) is 6.92. The van der Waals surface area contributed by atoms with Crippen LogP contribution in [0.2, 0.25) is 0 Å². The minimum Gasteiger partial charge on any atom is -0.457 e. The Morgan fingerprint density at radius 2 is 1.47 bits per heavy atom. The van der Waals surface area contributed by atoms with Crippen LogP contribution in [0.5, 0.6) is 11.5 Å². The van der Waals surface area contributed by atoms with Gasteiger partial charge in [0.2, 0.25) is 5.89 Å². The predicted molar refractivity (Wildman–Crippen MR) is 116 cm³/mol. The summed E-state index contributed by atoms with van der Waals surface area (Å²) in [7, 11) is 1.97. The summed E-state index contributed by atoms with van der Waals surface area (Å²) in [6.45, 7) is 0. The number of benzene rings is 3. The molecule has 2 heterocycles. The summed E-state index contributed by atoms with van der Waals surface area (Å²) in [5.74, 6) is 3.64. The fourth-order valence-electron chi connectivity index (χ4n) is 3.31. The molecular formula is C25H19N3O2. The van der Waals surface area contributed by atoms with Gasteiger partial charge in [0.1, 0.15) is 17.3 Å². The molecule has 30 heavy (non-hydrogen) atoms. The van der Waals surface area contributed by atoms with Gasteiger partial charge in [0.05, 0.1) is 6.20 Å². The van der Waals surface area contributed by atoms with Crippen LogP contribution in [0, 0.1) is 0 Å². The first-order valence-corrected chi connectivity index (χ1v) is 9.63. The van der Waals surface area contributed by atoms with Crippen LogP contribution in [0.1, 0.15) is 0 Å². The van der Waals surface area contributed by atoms with Crippen LogP contribution in [0.3, 0.4) is 0 Å². The highest BCUT2D eigenvalue weighted by Gasteiger charge is 2.10. The van der Waals surface area contributed by atoms with Crippen molar-refractivity contribution in [1.82, 2.24) is 14.5 Å². The van der Waals surface area contributed by atoms with Crippen molar-refractivity contribution in [2.45, 2.75) is 0 Å². The van der Waals surface area contributed by atoms with Crippen molar-refractivity contribution in [3.8, 4) is 45.7 Å². The second-order valence-electron chi connectivity index (χ2n) is 6.92. The van der Waals surface area contributed by atoms with E-state index in [0.717, 1.165) is 34.0 Å². The van der Waals surface area contributed by atoms with E-state index >= 15 is 0 Å². The first-order valence-electron chi connectivity index (χ1n) is 9.63. The number of hydrogen-bond acceptors (Lipinski definition) is 4. The van der Waals surface area contributed by atoms with E-state index in [0.29, 0.717) is 11.6 Å². The molecule has 0 aliphatic rings. The zero-order valence-electron chi connectivity index (χ0n) is 16.4. The number of ether oxygens (including phenoxy) is 1. The Balaban J connectivity index is 1.40. The molecule has 5 nitrogen and oxygen atoms in total. The number of aryl methyl sites for hydroxylation is 1. The van der Waals surface area contributed by atoms with Gasteiger partial charge >= 0.3 is 0 Å². The molecule has 0 saturated carbocycles. The molecule has 5 rings (SSSR count). The van der Waals surface area contributed by atoms with E-state index in [9.17, 15) is 0 Å². The summed E-state index contributed by atoms with van der Waals surface area (Å²) in [6.07, 6.45) is 5.45. The van der Waals surface area contributed by atoms with Gasteiger partial charge in [-0.3, -0.25) is 0 Å². The number of rotatable bonds is 5. The molecule has 5 heteroatoms. The molecule has 146 valence electrons. The summed E-state index contributed by atoms with van der Waals surface area (Å²) in [4.78, 5) is 8.84. The van der Waals surface area contributed by atoms with Gasteiger partial charge < -0.3 is 13.7 Å². The highest BCUT2D eigenvalue weighted by atomic mass is 16.5. The third kappa shape index (κ3) is 3.61. The normalized spacial score (nSPS) is 10.8. The monoisotopic (exact) mass is 393 g/mol. The molecule has 3 aromatic carbocycles. The third-order valence-electron chi connectivity index (χ3n) is 4.79.